The Kier molecular flexibility index (Phi) is 4.47. The average molecular weight is 392 g/mol. The molecule has 1 aliphatic carbocycles. The first-order chi connectivity index (χ1) is 13.7. The number of carbonyl (C=O) groups excluding carboxylic acids is 1. The van der Waals surface area contributed by atoms with E-state index in [9.17, 15) is 4.79 Å². The van der Waals surface area contributed by atoms with Gasteiger partial charge in [-0.25, -0.2) is 4.79 Å². The summed E-state index contributed by atoms with van der Waals surface area (Å²) in [6, 6.07) is 14.4. The minimum absolute atomic E-state index is 0.00714. The average Bonchev–Trinajstić information content (AvgIpc) is 3.33. The molecule has 1 aromatic carbocycles. The molecule has 0 radical (unpaired) electrons. The Morgan fingerprint density at radius 1 is 1.11 bits per heavy atom. The molecule has 5 rings (SSSR count). The van der Waals surface area contributed by atoms with Crippen LogP contribution >= 0.6 is 11.3 Å². The summed E-state index contributed by atoms with van der Waals surface area (Å²) in [6.07, 6.45) is 7.01. The molecule has 1 atom stereocenters. The van der Waals surface area contributed by atoms with Gasteiger partial charge >= 0.3 is 6.03 Å². The SMILES string of the molecule is C[C@@H]1c2cccn2-c2sc3c(c2CN1C(=O)NCc1ccccc1)CCCC3. The van der Waals surface area contributed by atoms with Gasteiger partial charge in [-0.15, -0.1) is 11.3 Å². The van der Waals surface area contributed by atoms with Crippen LogP contribution in [0.5, 0.6) is 0 Å². The number of urea groups is 1. The first-order valence-corrected chi connectivity index (χ1v) is 10.9. The fourth-order valence-electron chi connectivity index (χ4n) is 4.48. The van der Waals surface area contributed by atoms with Crippen molar-refractivity contribution < 1.29 is 4.79 Å². The molecular weight excluding hydrogens is 366 g/mol. The third kappa shape index (κ3) is 2.94. The fraction of sp³-hybridized carbons (Fsp3) is 0.348. The first-order valence-electron chi connectivity index (χ1n) is 10.1. The van der Waals surface area contributed by atoms with Crippen molar-refractivity contribution in [3.8, 4) is 5.00 Å². The molecule has 3 heterocycles. The lowest BCUT2D eigenvalue weighted by Crippen LogP contribution is -2.40. The summed E-state index contributed by atoms with van der Waals surface area (Å²) in [7, 11) is 0. The standard InChI is InChI=1S/C23H25N3OS/c1-16-20-11-7-13-25(20)22-19(18-10-5-6-12-21(18)28-22)15-26(16)23(27)24-14-17-8-3-2-4-9-17/h2-4,7-9,11,13,16H,5-6,10,12,14-15H2,1H3,(H,24,27)/t16-/m1/s1. The maximum Gasteiger partial charge on any atom is 0.318 e. The van der Waals surface area contributed by atoms with Gasteiger partial charge in [0.2, 0.25) is 0 Å². The zero-order chi connectivity index (χ0) is 19.1. The molecule has 0 saturated heterocycles. The van der Waals surface area contributed by atoms with Crippen LogP contribution in [0.25, 0.3) is 5.00 Å². The molecule has 1 aliphatic heterocycles. The highest BCUT2D eigenvalue weighted by atomic mass is 32.1. The largest absolute Gasteiger partial charge is 0.334 e. The molecule has 4 nitrogen and oxygen atoms in total. The van der Waals surface area contributed by atoms with Gasteiger partial charge in [0.25, 0.3) is 0 Å². The van der Waals surface area contributed by atoms with E-state index in [1.807, 2.05) is 46.6 Å². The minimum atomic E-state index is 0.00714. The molecule has 144 valence electrons. The quantitative estimate of drug-likeness (QED) is 0.640. The van der Waals surface area contributed by atoms with E-state index in [4.69, 9.17) is 0 Å². The maximum atomic E-state index is 13.2. The maximum absolute atomic E-state index is 13.2. The number of thiophene rings is 1. The molecule has 0 fully saturated rings. The Balaban J connectivity index is 1.48. The van der Waals surface area contributed by atoms with Gasteiger partial charge in [0.15, 0.2) is 0 Å². The van der Waals surface area contributed by atoms with Crippen LogP contribution in [0, 0.1) is 0 Å². The molecule has 3 aromatic rings. The number of nitrogens with one attached hydrogen (secondary N) is 1. The van der Waals surface area contributed by atoms with Crippen LogP contribution in [0.4, 0.5) is 4.79 Å². The highest BCUT2D eigenvalue weighted by Crippen LogP contribution is 2.42. The Labute approximate surface area is 169 Å². The Morgan fingerprint density at radius 2 is 1.93 bits per heavy atom. The summed E-state index contributed by atoms with van der Waals surface area (Å²) in [5, 5.41) is 4.45. The third-order valence-corrected chi connectivity index (χ3v) is 7.36. The van der Waals surface area contributed by atoms with Crippen LogP contribution < -0.4 is 5.32 Å². The predicted octanol–water partition coefficient (Wildman–Crippen LogP) is 5.20. The van der Waals surface area contributed by atoms with Crippen molar-refractivity contribution in [1.29, 1.82) is 0 Å². The van der Waals surface area contributed by atoms with E-state index in [1.54, 1.807) is 0 Å². The highest BCUT2D eigenvalue weighted by Gasteiger charge is 2.32. The molecule has 1 N–H and O–H groups in total. The van der Waals surface area contributed by atoms with Gasteiger partial charge in [-0.3, -0.25) is 0 Å². The Morgan fingerprint density at radius 3 is 2.79 bits per heavy atom. The number of carbonyl (C=O) groups is 1. The monoisotopic (exact) mass is 391 g/mol. The predicted molar refractivity (Wildman–Crippen MR) is 113 cm³/mol. The summed E-state index contributed by atoms with van der Waals surface area (Å²) >= 11 is 1.93. The summed E-state index contributed by atoms with van der Waals surface area (Å²) in [6.45, 7) is 3.38. The first kappa shape index (κ1) is 17.6. The molecule has 2 amide bonds. The highest BCUT2D eigenvalue weighted by molar-refractivity contribution is 7.15. The lowest BCUT2D eigenvalue weighted by molar-refractivity contribution is 0.174. The lowest BCUT2D eigenvalue weighted by Gasteiger charge is -2.28. The number of aryl methyl sites for hydroxylation is 1. The molecule has 2 aliphatic rings. The summed E-state index contributed by atoms with van der Waals surface area (Å²) in [5.41, 5.74) is 5.17. The van der Waals surface area contributed by atoms with Gasteiger partial charge in [0.05, 0.1) is 12.6 Å². The smallest absolute Gasteiger partial charge is 0.318 e. The minimum Gasteiger partial charge on any atom is -0.334 e. The number of fused-ring (bicyclic) bond motifs is 5. The zero-order valence-electron chi connectivity index (χ0n) is 16.1. The second-order valence-electron chi connectivity index (χ2n) is 7.75. The topological polar surface area (TPSA) is 37.3 Å². The van der Waals surface area contributed by atoms with Crippen molar-refractivity contribution in [2.45, 2.75) is 51.7 Å². The van der Waals surface area contributed by atoms with Gasteiger partial charge in [0, 0.05) is 28.9 Å². The van der Waals surface area contributed by atoms with Crippen LogP contribution in [-0.4, -0.2) is 15.5 Å². The van der Waals surface area contributed by atoms with E-state index >= 15 is 0 Å². The second-order valence-corrected chi connectivity index (χ2v) is 8.83. The number of benzene rings is 1. The number of nitrogens with zero attached hydrogens (tertiary/aromatic N) is 2. The third-order valence-electron chi connectivity index (χ3n) is 6.03. The number of aromatic nitrogens is 1. The Hall–Kier alpha value is -2.53. The van der Waals surface area contributed by atoms with Crippen molar-refractivity contribution >= 4 is 17.4 Å². The number of hydrogen-bond acceptors (Lipinski definition) is 2. The molecule has 0 unspecified atom stereocenters. The van der Waals surface area contributed by atoms with Gasteiger partial charge < -0.3 is 14.8 Å². The van der Waals surface area contributed by atoms with Crippen molar-refractivity contribution in [1.82, 2.24) is 14.8 Å². The van der Waals surface area contributed by atoms with Crippen LogP contribution in [0.1, 0.15) is 53.1 Å². The van der Waals surface area contributed by atoms with E-state index in [0.29, 0.717) is 13.1 Å². The number of amides is 2. The van der Waals surface area contributed by atoms with Gasteiger partial charge in [-0.2, -0.15) is 0 Å². The molecule has 0 bridgehead atoms. The van der Waals surface area contributed by atoms with Crippen molar-refractivity contribution in [2.75, 3.05) is 0 Å². The van der Waals surface area contributed by atoms with E-state index in [0.717, 1.165) is 12.0 Å². The summed E-state index contributed by atoms with van der Waals surface area (Å²) < 4.78 is 2.31. The van der Waals surface area contributed by atoms with Gasteiger partial charge in [0.1, 0.15) is 5.00 Å². The van der Waals surface area contributed by atoms with Crippen LogP contribution in [-0.2, 0) is 25.9 Å². The van der Waals surface area contributed by atoms with Crippen molar-refractivity contribution in [2.24, 2.45) is 0 Å². The molecule has 2 aromatic heterocycles. The molecule has 0 spiro atoms. The van der Waals surface area contributed by atoms with Crippen LogP contribution in [0.15, 0.2) is 48.7 Å². The molecule has 28 heavy (non-hydrogen) atoms. The van der Waals surface area contributed by atoms with Gasteiger partial charge in [-0.1, -0.05) is 30.3 Å². The van der Waals surface area contributed by atoms with E-state index in [-0.39, 0.29) is 12.1 Å². The van der Waals surface area contributed by atoms with E-state index < -0.39 is 0 Å². The van der Waals surface area contributed by atoms with E-state index in [2.05, 4.69) is 35.1 Å². The Bertz CT molecular complexity index is 1000. The summed E-state index contributed by atoms with van der Waals surface area (Å²) in [4.78, 5) is 16.7. The molecular formula is C23H25N3OS. The zero-order valence-corrected chi connectivity index (χ0v) is 17.0. The van der Waals surface area contributed by atoms with Crippen LogP contribution in [0.3, 0.4) is 0 Å². The lowest BCUT2D eigenvalue weighted by atomic mass is 9.95. The molecule has 5 heteroatoms. The normalized spacial score (nSPS) is 18.0. The second kappa shape index (κ2) is 7.13. The number of rotatable bonds is 2. The molecule has 0 saturated carbocycles. The fourth-order valence-corrected chi connectivity index (χ4v) is 5.89. The van der Waals surface area contributed by atoms with Crippen LogP contribution in [0.2, 0.25) is 0 Å². The van der Waals surface area contributed by atoms with E-state index in [1.165, 1.54) is 46.0 Å². The van der Waals surface area contributed by atoms with Crippen molar-refractivity contribution in [3.05, 3.63) is 75.9 Å². The van der Waals surface area contributed by atoms with Crippen molar-refractivity contribution in [3.63, 3.8) is 0 Å². The number of hydrogen-bond donors (Lipinski definition) is 1. The summed E-state index contributed by atoms with van der Waals surface area (Å²) in [5.74, 6) is 0. The van der Waals surface area contributed by atoms with Gasteiger partial charge in [-0.05, 0) is 55.9 Å².